The van der Waals surface area contributed by atoms with Crippen LogP contribution in [0.1, 0.15) is 11.3 Å². The van der Waals surface area contributed by atoms with Gasteiger partial charge in [-0.15, -0.1) is 0 Å². The molecule has 0 atom stereocenters. The summed E-state index contributed by atoms with van der Waals surface area (Å²) >= 11 is 3.33. The van der Waals surface area contributed by atoms with Gasteiger partial charge in [-0.1, -0.05) is 0 Å². The van der Waals surface area contributed by atoms with E-state index in [-0.39, 0.29) is 6.61 Å². The summed E-state index contributed by atoms with van der Waals surface area (Å²) < 4.78 is 5.79. The highest BCUT2D eigenvalue weighted by molar-refractivity contribution is 9.10. The third-order valence-corrected chi connectivity index (χ3v) is 2.64. The zero-order valence-electron chi connectivity index (χ0n) is 6.97. The van der Waals surface area contributed by atoms with Crippen LogP contribution in [0, 0.1) is 6.92 Å². The topological polar surface area (TPSA) is 42.4 Å². The van der Waals surface area contributed by atoms with Crippen LogP contribution in [0.3, 0.4) is 0 Å². The van der Waals surface area contributed by atoms with E-state index in [1.165, 1.54) is 0 Å². The van der Waals surface area contributed by atoms with E-state index >= 15 is 0 Å². The zero-order valence-corrected chi connectivity index (χ0v) is 8.55. The molecule has 3 nitrogen and oxygen atoms in total. The fourth-order valence-corrected chi connectivity index (χ4v) is 1.24. The highest BCUT2D eigenvalue weighted by Crippen LogP contribution is 2.23. The first kappa shape index (κ1) is 9.48. The largest absolute Gasteiger partial charge is 0.481 e. The van der Waals surface area contributed by atoms with Crippen molar-refractivity contribution in [1.82, 2.24) is 4.98 Å². The lowest BCUT2D eigenvalue weighted by atomic mass is 10.2. The molecular formula is C8H10BrNO2. The van der Waals surface area contributed by atoms with Crippen molar-refractivity contribution in [3.05, 3.63) is 21.8 Å². The number of ether oxygens (including phenoxy) is 1. The van der Waals surface area contributed by atoms with Gasteiger partial charge < -0.3 is 9.84 Å². The summed E-state index contributed by atoms with van der Waals surface area (Å²) in [5.41, 5.74) is 1.61. The molecule has 4 heteroatoms. The number of aromatic nitrogens is 1. The van der Waals surface area contributed by atoms with Crippen LogP contribution >= 0.6 is 15.9 Å². The summed E-state index contributed by atoms with van der Waals surface area (Å²) in [5, 5.41) is 8.95. The molecule has 0 aliphatic carbocycles. The summed E-state index contributed by atoms with van der Waals surface area (Å²) in [6.07, 6.45) is 0. The predicted molar refractivity (Wildman–Crippen MR) is 49.1 cm³/mol. The molecule has 0 saturated carbocycles. The van der Waals surface area contributed by atoms with Crippen molar-refractivity contribution in [1.29, 1.82) is 0 Å². The lowest BCUT2D eigenvalue weighted by molar-refractivity contribution is 0.279. The lowest BCUT2D eigenvalue weighted by Crippen LogP contribution is -1.95. The number of rotatable bonds is 2. The Labute approximate surface area is 79.5 Å². The quantitative estimate of drug-likeness (QED) is 0.842. The fourth-order valence-electron chi connectivity index (χ4n) is 0.911. The van der Waals surface area contributed by atoms with Gasteiger partial charge in [0.25, 0.3) is 0 Å². The van der Waals surface area contributed by atoms with Crippen molar-refractivity contribution in [3.8, 4) is 5.88 Å². The second kappa shape index (κ2) is 3.87. The van der Waals surface area contributed by atoms with E-state index in [4.69, 9.17) is 9.84 Å². The molecular weight excluding hydrogens is 222 g/mol. The van der Waals surface area contributed by atoms with E-state index < -0.39 is 0 Å². The Kier molecular flexibility index (Phi) is 3.05. The van der Waals surface area contributed by atoms with E-state index in [9.17, 15) is 0 Å². The van der Waals surface area contributed by atoms with E-state index in [0.29, 0.717) is 5.88 Å². The minimum Gasteiger partial charge on any atom is -0.481 e. The molecule has 66 valence electrons. The zero-order chi connectivity index (χ0) is 9.14. The minimum absolute atomic E-state index is 0.0136. The van der Waals surface area contributed by atoms with Gasteiger partial charge in [-0.05, 0) is 28.4 Å². The molecule has 0 aliphatic heterocycles. The van der Waals surface area contributed by atoms with E-state index in [0.717, 1.165) is 15.7 Å². The SMILES string of the molecule is COc1cc(CO)c(Br)c(C)n1. The van der Waals surface area contributed by atoms with Crippen LogP contribution in [0.15, 0.2) is 10.5 Å². The van der Waals surface area contributed by atoms with Crippen molar-refractivity contribution in [3.63, 3.8) is 0 Å². The van der Waals surface area contributed by atoms with Gasteiger partial charge in [-0.25, -0.2) is 4.98 Å². The van der Waals surface area contributed by atoms with Gasteiger partial charge in [-0.3, -0.25) is 0 Å². The maximum Gasteiger partial charge on any atom is 0.213 e. The van der Waals surface area contributed by atoms with Crippen LogP contribution < -0.4 is 4.74 Å². The second-order valence-corrected chi connectivity index (χ2v) is 3.17. The smallest absolute Gasteiger partial charge is 0.213 e. The Morgan fingerprint density at radius 2 is 2.33 bits per heavy atom. The van der Waals surface area contributed by atoms with Crippen LogP contribution in [0.5, 0.6) is 5.88 Å². The molecule has 1 aromatic rings. The third kappa shape index (κ3) is 1.76. The molecule has 1 rings (SSSR count). The van der Waals surface area contributed by atoms with Crippen molar-refractivity contribution >= 4 is 15.9 Å². The van der Waals surface area contributed by atoms with Crippen molar-refractivity contribution in [2.45, 2.75) is 13.5 Å². The average molecular weight is 232 g/mol. The molecule has 0 aromatic carbocycles. The van der Waals surface area contributed by atoms with Crippen LogP contribution in [-0.4, -0.2) is 17.2 Å². The first-order valence-electron chi connectivity index (χ1n) is 3.50. The van der Waals surface area contributed by atoms with E-state index in [1.807, 2.05) is 6.92 Å². The Bertz CT molecular complexity index is 289. The van der Waals surface area contributed by atoms with Crippen molar-refractivity contribution < 1.29 is 9.84 Å². The van der Waals surface area contributed by atoms with Crippen molar-refractivity contribution in [2.75, 3.05) is 7.11 Å². The molecule has 0 saturated heterocycles. The van der Waals surface area contributed by atoms with Crippen LogP contribution in [0.2, 0.25) is 0 Å². The number of methoxy groups -OCH3 is 1. The van der Waals surface area contributed by atoms with Crippen LogP contribution in [0.4, 0.5) is 0 Å². The van der Waals surface area contributed by atoms with Gasteiger partial charge in [0.15, 0.2) is 0 Å². The number of aliphatic hydroxyl groups excluding tert-OH is 1. The van der Waals surface area contributed by atoms with E-state index in [2.05, 4.69) is 20.9 Å². The lowest BCUT2D eigenvalue weighted by Gasteiger charge is -2.06. The number of pyridine rings is 1. The first-order valence-corrected chi connectivity index (χ1v) is 4.29. The second-order valence-electron chi connectivity index (χ2n) is 2.38. The molecule has 0 unspecified atom stereocenters. The molecule has 12 heavy (non-hydrogen) atoms. The highest BCUT2D eigenvalue weighted by atomic mass is 79.9. The fraction of sp³-hybridized carbons (Fsp3) is 0.375. The Balaban J connectivity index is 3.19. The Morgan fingerprint density at radius 3 is 2.83 bits per heavy atom. The molecule has 0 fully saturated rings. The van der Waals surface area contributed by atoms with Crippen LogP contribution in [-0.2, 0) is 6.61 Å². The molecule has 1 heterocycles. The normalized spacial score (nSPS) is 10.0. The van der Waals surface area contributed by atoms with Crippen LogP contribution in [0.25, 0.3) is 0 Å². The summed E-state index contributed by atoms with van der Waals surface area (Å²) in [6, 6.07) is 1.71. The molecule has 0 spiro atoms. The van der Waals surface area contributed by atoms with Gasteiger partial charge in [-0.2, -0.15) is 0 Å². The Morgan fingerprint density at radius 1 is 1.67 bits per heavy atom. The van der Waals surface area contributed by atoms with Gasteiger partial charge >= 0.3 is 0 Å². The number of nitrogens with zero attached hydrogens (tertiary/aromatic N) is 1. The summed E-state index contributed by atoms with van der Waals surface area (Å²) in [7, 11) is 1.55. The highest BCUT2D eigenvalue weighted by Gasteiger charge is 2.05. The minimum atomic E-state index is -0.0136. The summed E-state index contributed by atoms with van der Waals surface area (Å²) in [6.45, 7) is 1.84. The predicted octanol–water partition coefficient (Wildman–Crippen LogP) is 1.65. The monoisotopic (exact) mass is 231 g/mol. The van der Waals surface area contributed by atoms with Gasteiger partial charge in [0, 0.05) is 10.5 Å². The molecule has 0 bridgehead atoms. The first-order chi connectivity index (χ1) is 5.69. The maximum atomic E-state index is 8.95. The van der Waals surface area contributed by atoms with Gasteiger partial charge in [0.1, 0.15) is 0 Å². The average Bonchev–Trinajstić information content (AvgIpc) is 2.09. The van der Waals surface area contributed by atoms with E-state index in [1.54, 1.807) is 13.2 Å². The number of hydrogen-bond acceptors (Lipinski definition) is 3. The molecule has 0 aliphatic rings. The number of aliphatic hydroxyl groups is 1. The summed E-state index contributed by atoms with van der Waals surface area (Å²) in [4.78, 5) is 4.12. The van der Waals surface area contributed by atoms with Gasteiger partial charge in [0.2, 0.25) is 5.88 Å². The molecule has 0 radical (unpaired) electrons. The van der Waals surface area contributed by atoms with Crippen molar-refractivity contribution in [2.24, 2.45) is 0 Å². The Hall–Kier alpha value is -0.610. The maximum absolute atomic E-state index is 8.95. The molecule has 1 aromatic heterocycles. The standard InChI is InChI=1S/C8H10BrNO2/c1-5-8(9)6(4-11)3-7(10-5)12-2/h3,11H,4H2,1-2H3. The summed E-state index contributed by atoms with van der Waals surface area (Å²) in [5.74, 6) is 0.528. The molecule has 0 amide bonds. The van der Waals surface area contributed by atoms with Gasteiger partial charge in [0.05, 0.1) is 19.4 Å². The third-order valence-electron chi connectivity index (χ3n) is 1.55. The molecule has 1 N–H and O–H groups in total. The number of aryl methyl sites for hydroxylation is 1. The number of halogens is 1. The number of hydrogen-bond donors (Lipinski definition) is 1.